The second-order valence-electron chi connectivity index (χ2n) is 11.1. The molecule has 1 aliphatic heterocycles. The number of fused-ring (bicyclic) bond motifs is 1. The number of methoxy groups -OCH3 is 1. The first-order valence-electron chi connectivity index (χ1n) is 13.3. The average Bonchev–Trinajstić information content (AvgIpc) is 3.58. The minimum atomic E-state index is -1.03. The van der Waals surface area contributed by atoms with Crippen LogP contribution in [0.25, 0.3) is 20.7 Å². The Hall–Kier alpha value is -4.07. The van der Waals surface area contributed by atoms with Crippen molar-refractivity contribution < 1.29 is 19.0 Å². The summed E-state index contributed by atoms with van der Waals surface area (Å²) in [5, 5.41) is 22.2. The van der Waals surface area contributed by atoms with Gasteiger partial charge in [-0.2, -0.15) is 4.80 Å². The Balaban J connectivity index is 1.71. The van der Waals surface area contributed by atoms with Gasteiger partial charge in [0.15, 0.2) is 5.82 Å². The van der Waals surface area contributed by atoms with Gasteiger partial charge in [0, 0.05) is 29.1 Å². The Morgan fingerprint density at radius 1 is 1.24 bits per heavy atom. The third-order valence-electron chi connectivity index (χ3n) is 7.54. The number of nitrogens with zero attached hydrogens (tertiary/aromatic N) is 7. The summed E-state index contributed by atoms with van der Waals surface area (Å²) in [6, 6.07) is 4.87. The fourth-order valence-corrected chi connectivity index (χ4v) is 6.61. The van der Waals surface area contributed by atoms with E-state index in [0.29, 0.717) is 51.6 Å². The van der Waals surface area contributed by atoms with E-state index >= 15 is 0 Å². The molecule has 2 atom stereocenters. The normalized spacial score (nSPS) is 17.8. The minimum absolute atomic E-state index is 0.0389. The molecule has 1 aromatic carbocycles. The van der Waals surface area contributed by atoms with Gasteiger partial charge >= 0.3 is 11.8 Å². The van der Waals surface area contributed by atoms with Crippen molar-refractivity contribution in [3.05, 3.63) is 56.7 Å². The molecule has 1 amide bonds. The van der Waals surface area contributed by atoms with Gasteiger partial charge in [0.2, 0.25) is 0 Å². The van der Waals surface area contributed by atoms with Crippen LogP contribution in [0.2, 0.25) is 0 Å². The van der Waals surface area contributed by atoms with Gasteiger partial charge in [-0.25, -0.2) is 14.0 Å². The molecule has 0 bridgehead atoms. The molecule has 2 unspecified atom stereocenters. The molecule has 0 spiro atoms. The average molecular weight is 586 g/mol. The van der Waals surface area contributed by atoms with Crippen molar-refractivity contribution in [3.63, 3.8) is 0 Å². The highest BCUT2D eigenvalue weighted by atomic mass is 32.1. The number of carboxylic acid groups (broad SMARTS) is 1. The number of halogens is 1. The number of aromatic nitrogens is 6. The van der Waals surface area contributed by atoms with Crippen molar-refractivity contribution in [3.8, 4) is 16.2 Å². The highest BCUT2D eigenvalue weighted by molar-refractivity contribution is 7.22. The lowest BCUT2D eigenvalue weighted by Gasteiger charge is -2.44. The van der Waals surface area contributed by atoms with Crippen LogP contribution in [-0.2, 0) is 13.1 Å². The Bertz CT molecular complexity index is 1730. The van der Waals surface area contributed by atoms with Crippen LogP contribution in [-0.4, -0.2) is 65.1 Å². The van der Waals surface area contributed by atoms with E-state index < -0.39 is 40.7 Å². The minimum Gasteiger partial charge on any atom is -0.496 e. The summed E-state index contributed by atoms with van der Waals surface area (Å²) in [5.74, 6) is 0.255. The Kier molecular flexibility index (Phi) is 7.45. The standard InChI is InChI=1S/C27H32FN7O5S/c1-6-34-30-22(29-31-34)14-33-18-13-20(17-11-15(28)7-8-19(17)40-5)41-23(18)24(36)35(25(33)37)16-9-10-32(26(38)39)21(12-16)27(2,3)4/h7-8,11,13,16,21H,6,9-10,12,14H2,1-5H3,(H,38,39). The number of tetrazole rings is 1. The molecule has 1 N–H and O–H groups in total. The Morgan fingerprint density at radius 3 is 2.63 bits per heavy atom. The van der Waals surface area contributed by atoms with Crippen LogP contribution in [0.5, 0.6) is 5.75 Å². The highest BCUT2D eigenvalue weighted by Gasteiger charge is 2.40. The summed E-state index contributed by atoms with van der Waals surface area (Å²) in [6.07, 6.45) is -0.420. The maximum Gasteiger partial charge on any atom is 0.407 e. The van der Waals surface area contributed by atoms with Gasteiger partial charge in [-0.3, -0.25) is 13.9 Å². The van der Waals surface area contributed by atoms with Crippen LogP contribution in [0.1, 0.15) is 52.4 Å². The zero-order valence-electron chi connectivity index (χ0n) is 23.5. The lowest BCUT2D eigenvalue weighted by atomic mass is 9.79. The van der Waals surface area contributed by atoms with E-state index in [4.69, 9.17) is 4.74 Å². The second kappa shape index (κ2) is 10.7. The van der Waals surface area contributed by atoms with Crippen molar-refractivity contribution >= 4 is 27.6 Å². The second-order valence-corrected chi connectivity index (χ2v) is 12.2. The van der Waals surface area contributed by atoms with Gasteiger partial charge in [-0.1, -0.05) is 20.8 Å². The molecular weight excluding hydrogens is 553 g/mol. The Labute approximate surface area is 238 Å². The number of thiophene rings is 1. The number of hydrogen-bond donors (Lipinski definition) is 1. The number of likely N-dealkylation sites (tertiary alicyclic amines) is 1. The van der Waals surface area contributed by atoms with E-state index in [1.54, 1.807) is 6.07 Å². The third-order valence-corrected chi connectivity index (χ3v) is 8.69. The molecule has 4 heterocycles. The molecule has 4 aromatic rings. The van der Waals surface area contributed by atoms with E-state index in [-0.39, 0.29) is 13.1 Å². The fraction of sp³-hybridized carbons (Fsp3) is 0.481. The molecule has 1 aliphatic rings. The number of hydrogen-bond acceptors (Lipinski definition) is 8. The number of aryl methyl sites for hydroxylation is 1. The molecule has 0 radical (unpaired) electrons. The van der Waals surface area contributed by atoms with Gasteiger partial charge in [0.05, 0.1) is 25.7 Å². The smallest absolute Gasteiger partial charge is 0.407 e. The summed E-state index contributed by atoms with van der Waals surface area (Å²) in [5.41, 5.74) is -0.620. The highest BCUT2D eigenvalue weighted by Crippen LogP contribution is 2.39. The van der Waals surface area contributed by atoms with Gasteiger partial charge in [-0.15, -0.1) is 21.5 Å². The zero-order chi connectivity index (χ0) is 29.6. The number of benzene rings is 1. The zero-order valence-corrected chi connectivity index (χ0v) is 24.3. The molecule has 12 nitrogen and oxygen atoms in total. The van der Waals surface area contributed by atoms with Gasteiger partial charge in [0.25, 0.3) is 5.56 Å². The van der Waals surface area contributed by atoms with Crippen LogP contribution in [0.15, 0.2) is 33.9 Å². The maximum atomic E-state index is 14.3. The molecule has 218 valence electrons. The lowest BCUT2D eigenvalue weighted by Crippen LogP contribution is -2.54. The van der Waals surface area contributed by atoms with E-state index in [0.717, 1.165) is 11.3 Å². The van der Waals surface area contributed by atoms with E-state index in [1.807, 2.05) is 27.7 Å². The van der Waals surface area contributed by atoms with Crippen molar-refractivity contribution in [2.24, 2.45) is 5.41 Å². The van der Waals surface area contributed by atoms with Gasteiger partial charge in [-0.05, 0) is 54.7 Å². The molecule has 0 aliphatic carbocycles. The summed E-state index contributed by atoms with van der Waals surface area (Å²) >= 11 is 1.14. The number of carbonyl (C=O) groups is 1. The van der Waals surface area contributed by atoms with Crippen LogP contribution < -0.4 is 16.0 Å². The van der Waals surface area contributed by atoms with E-state index in [2.05, 4.69) is 15.4 Å². The van der Waals surface area contributed by atoms with Crippen LogP contribution in [0, 0.1) is 11.2 Å². The first-order valence-corrected chi connectivity index (χ1v) is 14.1. The van der Waals surface area contributed by atoms with Crippen LogP contribution >= 0.6 is 11.3 Å². The molecular formula is C27H32FN7O5S. The van der Waals surface area contributed by atoms with E-state index in [1.165, 1.54) is 44.1 Å². The quantitative estimate of drug-likeness (QED) is 0.361. The van der Waals surface area contributed by atoms with Crippen molar-refractivity contribution in [2.75, 3.05) is 13.7 Å². The third kappa shape index (κ3) is 5.23. The molecule has 41 heavy (non-hydrogen) atoms. The SMILES string of the molecule is CCn1nnc(Cn2c(=O)n(C3CCN(C(=O)O)C(C(C)(C)C)C3)c(=O)c3sc(-c4cc(F)ccc4OC)cc32)n1. The van der Waals surface area contributed by atoms with Crippen LogP contribution in [0.4, 0.5) is 9.18 Å². The summed E-state index contributed by atoms with van der Waals surface area (Å²) in [7, 11) is 1.48. The summed E-state index contributed by atoms with van der Waals surface area (Å²) in [4.78, 5) is 43.5. The van der Waals surface area contributed by atoms with Gasteiger partial charge < -0.3 is 14.7 Å². The van der Waals surface area contributed by atoms with Crippen LogP contribution in [0.3, 0.4) is 0 Å². The number of piperidine rings is 1. The summed E-state index contributed by atoms with van der Waals surface area (Å²) < 4.78 is 22.7. The maximum absolute atomic E-state index is 14.3. The topological polar surface area (TPSA) is 137 Å². The first-order chi connectivity index (χ1) is 19.4. The molecule has 14 heteroatoms. The number of ether oxygens (including phenoxy) is 1. The van der Waals surface area contributed by atoms with Crippen molar-refractivity contribution in [1.29, 1.82) is 0 Å². The van der Waals surface area contributed by atoms with Crippen molar-refractivity contribution in [1.82, 2.24) is 34.2 Å². The molecule has 3 aromatic heterocycles. The molecule has 1 saturated heterocycles. The lowest BCUT2D eigenvalue weighted by molar-refractivity contribution is 0.0414. The largest absolute Gasteiger partial charge is 0.496 e. The van der Waals surface area contributed by atoms with E-state index in [9.17, 15) is 23.9 Å². The molecule has 5 rings (SSSR count). The molecule has 1 fully saturated rings. The monoisotopic (exact) mass is 585 g/mol. The fourth-order valence-electron chi connectivity index (χ4n) is 5.49. The first kappa shape index (κ1) is 28.5. The molecule has 0 saturated carbocycles. The number of rotatable bonds is 6. The summed E-state index contributed by atoms with van der Waals surface area (Å²) in [6.45, 7) is 8.34. The predicted octanol–water partition coefficient (Wildman–Crippen LogP) is 3.82. The van der Waals surface area contributed by atoms with Gasteiger partial charge in [0.1, 0.15) is 16.3 Å². The Morgan fingerprint density at radius 2 is 2.00 bits per heavy atom. The predicted molar refractivity (Wildman–Crippen MR) is 151 cm³/mol. The number of amides is 1. The van der Waals surface area contributed by atoms with Crippen molar-refractivity contribution in [2.45, 2.75) is 65.7 Å².